The lowest BCUT2D eigenvalue weighted by Crippen LogP contribution is -2.22. The number of hydrogen-bond acceptors (Lipinski definition) is 4. The van der Waals surface area contributed by atoms with Crippen molar-refractivity contribution >= 4 is 11.6 Å². The molecule has 2 aromatic rings. The largest absolute Gasteiger partial charge is 0.495 e. The van der Waals surface area contributed by atoms with Crippen LogP contribution in [0.2, 0.25) is 5.02 Å². The Kier molecular flexibility index (Phi) is 3.54. The predicted octanol–water partition coefficient (Wildman–Crippen LogP) is 1.98. The van der Waals surface area contributed by atoms with E-state index in [1.807, 2.05) is 6.07 Å². The van der Waals surface area contributed by atoms with Gasteiger partial charge in [-0.3, -0.25) is 4.79 Å². The molecule has 0 aliphatic carbocycles. The van der Waals surface area contributed by atoms with Crippen LogP contribution in [0.3, 0.4) is 0 Å². The molecule has 1 aromatic carbocycles. The van der Waals surface area contributed by atoms with Gasteiger partial charge in [-0.05, 0) is 24.3 Å². The molecule has 6 heteroatoms. The molecule has 1 aromatic heterocycles. The summed E-state index contributed by atoms with van der Waals surface area (Å²) in [6, 6.07) is 8.44. The van der Waals surface area contributed by atoms with Gasteiger partial charge in [-0.1, -0.05) is 11.6 Å². The van der Waals surface area contributed by atoms with Crippen molar-refractivity contribution in [1.29, 1.82) is 5.26 Å². The van der Waals surface area contributed by atoms with E-state index in [2.05, 4.69) is 5.10 Å². The number of benzene rings is 1. The van der Waals surface area contributed by atoms with E-state index in [0.717, 1.165) is 4.68 Å². The Balaban J connectivity index is 2.60. The molecule has 19 heavy (non-hydrogen) atoms. The van der Waals surface area contributed by atoms with Gasteiger partial charge in [0.1, 0.15) is 17.4 Å². The molecule has 2 rings (SSSR count). The first-order valence-electron chi connectivity index (χ1n) is 5.39. The van der Waals surface area contributed by atoms with Crippen molar-refractivity contribution in [2.45, 2.75) is 0 Å². The molecule has 0 saturated carbocycles. The van der Waals surface area contributed by atoms with E-state index in [1.165, 1.54) is 20.2 Å². The molecule has 0 aliphatic rings. The Morgan fingerprint density at radius 3 is 2.74 bits per heavy atom. The highest BCUT2D eigenvalue weighted by atomic mass is 35.5. The molecule has 0 amide bonds. The van der Waals surface area contributed by atoms with Gasteiger partial charge in [0.15, 0.2) is 0 Å². The molecule has 0 spiro atoms. The Hall–Kier alpha value is -2.32. The number of nitrogens with zero attached hydrogens (tertiary/aromatic N) is 3. The molecule has 96 valence electrons. The van der Waals surface area contributed by atoms with Gasteiger partial charge in [-0.15, -0.1) is 0 Å². The predicted molar refractivity (Wildman–Crippen MR) is 71.2 cm³/mol. The minimum absolute atomic E-state index is 0.0411. The molecule has 0 N–H and O–H groups in total. The third-order valence-corrected chi connectivity index (χ3v) is 2.93. The number of nitriles is 1. The van der Waals surface area contributed by atoms with Crippen LogP contribution in [-0.4, -0.2) is 16.9 Å². The summed E-state index contributed by atoms with van der Waals surface area (Å²) in [6.45, 7) is 0. The zero-order valence-corrected chi connectivity index (χ0v) is 11.1. The van der Waals surface area contributed by atoms with Gasteiger partial charge in [0.05, 0.1) is 17.8 Å². The Bertz CT molecular complexity index is 732. The van der Waals surface area contributed by atoms with Gasteiger partial charge in [-0.25, -0.2) is 4.68 Å². The number of hydrogen-bond donors (Lipinski definition) is 0. The summed E-state index contributed by atoms with van der Waals surface area (Å²) in [5, 5.41) is 13.5. The number of ether oxygens (including phenoxy) is 1. The summed E-state index contributed by atoms with van der Waals surface area (Å²) in [6.07, 6.45) is 0. The molecule has 0 aliphatic heterocycles. The maximum Gasteiger partial charge on any atom is 0.284 e. The SMILES string of the molecule is COc1ccc(-c2cc(C#N)c(=O)n(C)n2)cc1Cl. The smallest absolute Gasteiger partial charge is 0.284 e. The van der Waals surface area contributed by atoms with Crippen molar-refractivity contribution in [3.05, 3.63) is 45.2 Å². The van der Waals surface area contributed by atoms with Crippen LogP contribution in [0.15, 0.2) is 29.1 Å². The normalized spacial score (nSPS) is 10.0. The van der Waals surface area contributed by atoms with Crippen LogP contribution in [0.5, 0.6) is 5.75 Å². The lowest BCUT2D eigenvalue weighted by molar-refractivity contribution is 0.415. The van der Waals surface area contributed by atoms with Crippen LogP contribution in [0.4, 0.5) is 0 Å². The highest BCUT2D eigenvalue weighted by Crippen LogP contribution is 2.29. The second kappa shape index (κ2) is 5.12. The van der Waals surface area contributed by atoms with E-state index in [9.17, 15) is 4.79 Å². The van der Waals surface area contributed by atoms with E-state index in [1.54, 1.807) is 18.2 Å². The minimum atomic E-state index is -0.425. The summed E-state index contributed by atoms with van der Waals surface area (Å²) in [7, 11) is 3.02. The highest BCUT2D eigenvalue weighted by molar-refractivity contribution is 6.32. The molecule has 0 unspecified atom stereocenters. The van der Waals surface area contributed by atoms with E-state index in [0.29, 0.717) is 22.0 Å². The van der Waals surface area contributed by atoms with Gasteiger partial charge in [-0.2, -0.15) is 10.4 Å². The average molecular weight is 276 g/mol. The Labute approximate surface area is 114 Å². The number of halogens is 1. The molecule has 1 heterocycles. The van der Waals surface area contributed by atoms with Crippen molar-refractivity contribution in [3.63, 3.8) is 0 Å². The lowest BCUT2D eigenvalue weighted by atomic mass is 10.1. The van der Waals surface area contributed by atoms with E-state index in [4.69, 9.17) is 21.6 Å². The first-order chi connectivity index (χ1) is 9.06. The first-order valence-corrected chi connectivity index (χ1v) is 5.77. The summed E-state index contributed by atoms with van der Waals surface area (Å²) < 4.78 is 6.19. The maximum atomic E-state index is 11.6. The van der Waals surface area contributed by atoms with Crippen LogP contribution in [0.25, 0.3) is 11.3 Å². The topological polar surface area (TPSA) is 67.9 Å². The molecule has 0 bridgehead atoms. The van der Waals surface area contributed by atoms with Gasteiger partial charge in [0.2, 0.25) is 0 Å². The summed E-state index contributed by atoms with van der Waals surface area (Å²) in [5.74, 6) is 0.552. The standard InChI is InChI=1S/C13H10ClN3O2/c1-17-13(18)9(7-15)6-11(16-17)8-3-4-12(19-2)10(14)5-8/h3-6H,1-2H3. The summed E-state index contributed by atoms with van der Waals surface area (Å²) >= 11 is 6.04. The fourth-order valence-corrected chi connectivity index (χ4v) is 1.91. The lowest BCUT2D eigenvalue weighted by Gasteiger charge is -2.07. The minimum Gasteiger partial charge on any atom is -0.495 e. The van der Waals surface area contributed by atoms with Gasteiger partial charge < -0.3 is 4.74 Å². The summed E-state index contributed by atoms with van der Waals surface area (Å²) in [5.41, 5.74) is 0.825. The van der Waals surface area contributed by atoms with Gasteiger partial charge in [0, 0.05) is 12.6 Å². The van der Waals surface area contributed by atoms with Gasteiger partial charge >= 0.3 is 0 Å². The van der Waals surface area contributed by atoms with Crippen LogP contribution in [0, 0.1) is 11.3 Å². The molecular weight excluding hydrogens is 266 g/mol. The van der Waals surface area contributed by atoms with Crippen molar-refractivity contribution in [1.82, 2.24) is 9.78 Å². The Morgan fingerprint density at radius 1 is 1.42 bits per heavy atom. The van der Waals surface area contributed by atoms with Crippen molar-refractivity contribution in [2.75, 3.05) is 7.11 Å². The number of rotatable bonds is 2. The van der Waals surface area contributed by atoms with Crippen LogP contribution in [-0.2, 0) is 7.05 Å². The maximum absolute atomic E-state index is 11.6. The van der Waals surface area contributed by atoms with Crippen LogP contribution in [0.1, 0.15) is 5.56 Å². The fourth-order valence-electron chi connectivity index (χ4n) is 1.66. The van der Waals surface area contributed by atoms with Gasteiger partial charge in [0.25, 0.3) is 5.56 Å². The molecular formula is C13H10ClN3O2. The molecule has 0 saturated heterocycles. The third-order valence-electron chi connectivity index (χ3n) is 2.63. The van der Waals surface area contributed by atoms with E-state index >= 15 is 0 Å². The molecule has 0 radical (unpaired) electrons. The third kappa shape index (κ3) is 2.44. The number of methoxy groups -OCH3 is 1. The first kappa shape index (κ1) is 13.1. The number of aryl methyl sites for hydroxylation is 1. The zero-order valence-electron chi connectivity index (χ0n) is 10.3. The zero-order chi connectivity index (χ0) is 14.0. The Morgan fingerprint density at radius 2 is 2.16 bits per heavy atom. The quantitative estimate of drug-likeness (QED) is 0.840. The second-order valence-corrected chi connectivity index (χ2v) is 4.24. The average Bonchev–Trinajstić information content (AvgIpc) is 2.41. The second-order valence-electron chi connectivity index (χ2n) is 3.83. The van der Waals surface area contributed by atoms with Crippen molar-refractivity contribution < 1.29 is 4.74 Å². The van der Waals surface area contributed by atoms with Crippen molar-refractivity contribution in [2.24, 2.45) is 7.05 Å². The molecule has 0 atom stereocenters. The van der Waals surface area contributed by atoms with E-state index in [-0.39, 0.29) is 5.56 Å². The number of aromatic nitrogens is 2. The van der Waals surface area contributed by atoms with E-state index < -0.39 is 5.56 Å². The van der Waals surface area contributed by atoms with Crippen molar-refractivity contribution in [3.8, 4) is 23.1 Å². The fraction of sp³-hybridized carbons (Fsp3) is 0.154. The monoisotopic (exact) mass is 275 g/mol. The van der Waals surface area contributed by atoms with Crippen LogP contribution >= 0.6 is 11.6 Å². The van der Waals surface area contributed by atoms with Crippen LogP contribution < -0.4 is 10.3 Å². The summed E-state index contributed by atoms with van der Waals surface area (Å²) in [4.78, 5) is 11.6. The molecule has 5 nitrogen and oxygen atoms in total. The molecule has 0 fully saturated rings. The highest BCUT2D eigenvalue weighted by Gasteiger charge is 2.09.